The van der Waals surface area contributed by atoms with Gasteiger partial charge in [0.05, 0.1) is 5.39 Å². The first-order valence-corrected chi connectivity index (χ1v) is 7.44. The van der Waals surface area contributed by atoms with E-state index >= 15 is 0 Å². The second kappa shape index (κ2) is 5.19. The van der Waals surface area contributed by atoms with Crippen LogP contribution in [0.5, 0.6) is 11.6 Å². The Kier molecular flexibility index (Phi) is 3.05. The monoisotopic (exact) mass is 310 g/mol. The van der Waals surface area contributed by atoms with Gasteiger partial charge in [0.25, 0.3) is 0 Å². The van der Waals surface area contributed by atoms with Gasteiger partial charge in [-0.1, -0.05) is 5.16 Å². The molecule has 7 heteroatoms. The van der Waals surface area contributed by atoms with Crippen molar-refractivity contribution in [3.8, 4) is 23.0 Å². The molecule has 0 saturated carbocycles. The van der Waals surface area contributed by atoms with Gasteiger partial charge in [-0.25, -0.2) is 9.97 Å². The van der Waals surface area contributed by atoms with E-state index in [1.807, 2.05) is 35.7 Å². The lowest BCUT2D eigenvalue weighted by Gasteiger charge is -2.05. The second-order valence-electron chi connectivity index (χ2n) is 4.58. The second-order valence-corrected chi connectivity index (χ2v) is 5.48. The third-order valence-corrected chi connectivity index (χ3v) is 3.90. The largest absolute Gasteiger partial charge is 0.438 e. The number of rotatable bonds is 3. The van der Waals surface area contributed by atoms with Gasteiger partial charge in [-0.3, -0.25) is 0 Å². The molecule has 0 fully saturated rings. The number of aryl methyl sites for hydroxylation is 1. The fraction of sp³-hybridized carbons (Fsp3) is 0.0667. The molecule has 0 unspecified atom stereocenters. The van der Waals surface area contributed by atoms with E-state index in [9.17, 15) is 0 Å². The molecule has 3 aromatic heterocycles. The molecule has 6 nitrogen and oxygen atoms in total. The summed E-state index contributed by atoms with van der Waals surface area (Å²) in [5.74, 6) is 2.34. The number of aromatic nitrogens is 4. The number of hydrogen-bond donors (Lipinski definition) is 0. The van der Waals surface area contributed by atoms with Crippen LogP contribution in [-0.4, -0.2) is 20.1 Å². The maximum absolute atomic E-state index is 5.84. The Balaban J connectivity index is 1.62. The average Bonchev–Trinajstić information content (AvgIpc) is 3.17. The molecule has 0 radical (unpaired) electrons. The predicted octanol–water partition coefficient (Wildman–Crippen LogP) is 3.84. The fourth-order valence-electron chi connectivity index (χ4n) is 2.05. The Morgan fingerprint density at radius 1 is 1.09 bits per heavy atom. The van der Waals surface area contributed by atoms with E-state index in [1.165, 1.54) is 6.33 Å². The van der Waals surface area contributed by atoms with Crippen LogP contribution in [0.15, 0.2) is 46.6 Å². The maximum Gasteiger partial charge on any atom is 0.231 e. The highest BCUT2D eigenvalue weighted by molar-refractivity contribution is 7.16. The van der Waals surface area contributed by atoms with Crippen molar-refractivity contribution in [2.24, 2.45) is 0 Å². The summed E-state index contributed by atoms with van der Waals surface area (Å²) < 4.78 is 10.8. The Bertz CT molecular complexity index is 930. The molecule has 4 aromatic rings. The van der Waals surface area contributed by atoms with E-state index in [1.54, 1.807) is 18.3 Å². The summed E-state index contributed by atoms with van der Waals surface area (Å²) in [4.78, 5) is 13.5. The van der Waals surface area contributed by atoms with Gasteiger partial charge in [-0.15, -0.1) is 11.3 Å². The zero-order valence-corrected chi connectivity index (χ0v) is 12.4. The molecule has 3 heterocycles. The Morgan fingerprint density at radius 3 is 2.73 bits per heavy atom. The van der Waals surface area contributed by atoms with Crippen molar-refractivity contribution in [1.82, 2.24) is 20.1 Å². The minimum Gasteiger partial charge on any atom is -0.438 e. The summed E-state index contributed by atoms with van der Waals surface area (Å²) >= 11 is 1.56. The quantitative estimate of drug-likeness (QED) is 0.572. The van der Waals surface area contributed by atoms with Crippen LogP contribution in [0, 0.1) is 6.92 Å². The standard InChI is InChI=1S/C15H10N4O2S/c1-9-18-13(19-21-9)10-2-4-11(5-3-10)20-14-12-6-7-22-15(12)17-8-16-14/h2-8H,1H3. The number of ether oxygens (including phenoxy) is 1. The van der Waals surface area contributed by atoms with Crippen molar-refractivity contribution in [2.75, 3.05) is 0 Å². The van der Waals surface area contributed by atoms with E-state index in [4.69, 9.17) is 9.26 Å². The van der Waals surface area contributed by atoms with Crippen LogP contribution in [0.2, 0.25) is 0 Å². The highest BCUT2D eigenvalue weighted by Crippen LogP contribution is 2.30. The van der Waals surface area contributed by atoms with Gasteiger partial charge in [0.15, 0.2) is 0 Å². The van der Waals surface area contributed by atoms with Crippen molar-refractivity contribution in [1.29, 1.82) is 0 Å². The Labute approximate surface area is 129 Å². The van der Waals surface area contributed by atoms with Crippen LogP contribution in [0.1, 0.15) is 5.89 Å². The lowest BCUT2D eigenvalue weighted by molar-refractivity contribution is 0.394. The zero-order chi connectivity index (χ0) is 14.9. The van der Waals surface area contributed by atoms with E-state index in [2.05, 4.69) is 20.1 Å². The summed E-state index contributed by atoms with van der Waals surface area (Å²) in [5.41, 5.74) is 0.868. The van der Waals surface area contributed by atoms with Gasteiger partial charge in [-0.2, -0.15) is 4.98 Å². The number of nitrogens with zero attached hydrogens (tertiary/aromatic N) is 4. The van der Waals surface area contributed by atoms with Gasteiger partial charge >= 0.3 is 0 Å². The molecule has 0 saturated heterocycles. The molecule has 0 N–H and O–H groups in total. The molecule has 0 aliphatic carbocycles. The molecule has 0 amide bonds. The molecule has 1 aromatic carbocycles. The molecular weight excluding hydrogens is 300 g/mol. The molecule has 4 rings (SSSR count). The number of fused-ring (bicyclic) bond motifs is 1. The summed E-state index contributed by atoms with van der Waals surface area (Å²) in [5, 5.41) is 6.76. The van der Waals surface area contributed by atoms with Crippen molar-refractivity contribution in [2.45, 2.75) is 6.92 Å². The molecule has 0 bridgehead atoms. The fourth-order valence-corrected chi connectivity index (χ4v) is 2.77. The van der Waals surface area contributed by atoms with Gasteiger partial charge in [0, 0.05) is 12.5 Å². The minimum absolute atomic E-state index is 0.538. The van der Waals surface area contributed by atoms with Gasteiger partial charge in [0.1, 0.15) is 16.9 Å². The average molecular weight is 310 g/mol. The summed E-state index contributed by atoms with van der Waals surface area (Å²) in [6, 6.07) is 9.41. The number of thiophene rings is 1. The molecule has 22 heavy (non-hydrogen) atoms. The smallest absolute Gasteiger partial charge is 0.231 e. The zero-order valence-electron chi connectivity index (χ0n) is 11.6. The van der Waals surface area contributed by atoms with Crippen LogP contribution in [0.4, 0.5) is 0 Å². The minimum atomic E-state index is 0.538. The van der Waals surface area contributed by atoms with Gasteiger partial charge in [-0.05, 0) is 35.7 Å². The number of hydrogen-bond acceptors (Lipinski definition) is 7. The van der Waals surface area contributed by atoms with Crippen LogP contribution in [-0.2, 0) is 0 Å². The van der Waals surface area contributed by atoms with E-state index < -0.39 is 0 Å². The highest BCUT2D eigenvalue weighted by Gasteiger charge is 2.09. The molecule has 0 atom stereocenters. The summed E-state index contributed by atoms with van der Waals surface area (Å²) in [6.45, 7) is 1.76. The van der Waals surface area contributed by atoms with Crippen molar-refractivity contribution >= 4 is 21.6 Å². The molecular formula is C15H10N4O2S. The normalized spacial score (nSPS) is 11.0. The van der Waals surface area contributed by atoms with E-state index in [0.717, 1.165) is 15.8 Å². The first kappa shape index (κ1) is 12.9. The highest BCUT2D eigenvalue weighted by atomic mass is 32.1. The van der Waals surface area contributed by atoms with E-state index in [0.29, 0.717) is 23.3 Å². The first-order chi connectivity index (χ1) is 10.8. The van der Waals surface area contributed by atoms with Crippen LogP contribution < -0.4 is 4.74 Å². The van der Waals surface area contributed by atoms with E-state index in [-0.39, 0.29) is 0 Å². The van der Waals surface area contributed by atoms with Crippen LogP contribution >= 0.6 is 11.3 Å². The predicted molar refractivity (Wildman–Crippen MR) is 82.0 cm³/mol. The van der Waals surface area contributed by atoms with Crippen molar-refractivity contribution in [3.05, 3.63) is 47.9 Å². The van der Waals surface area contributed by atoms with Crippen LogP contribution in [0.3, 0.4) is 0 Å². The topological polar surface area (TPSA) is 73.9 Å². The summed E-state index contributed by atoms with van der Waals surface area (Å²) in [6.07, 6.45) is 1.50. The third kappa shape index (κ3) is 2.31. The molecule has 108 valence electrons. The molecule has 0 aliphatic heterocycles. The Morgan fingerprint density at radius 2 is 1.95 bits per heavy atom. The van der Waals surface area contributed by atoms with Crippen molar-refractivity contribution < 1.29 is 9.26 Å². The molecule has 0 spiro atoms. The number of benzene rings is 1. The molecule has 0 aliphatic rings. The van der Waals surface area contributed by atoms with Gasteiger partial charge < -0.3 is 9.26 Å². The lowest BCUT2D eigenvalue weighted by atomic mass is 10.2. The lowest BCUT2D eigenvalue weighted by Crippen LogP contribution is -1.89. The van der Waals surface area contributed by atoms with Crippen LogP contribution in [0.25, 0.3) is 21.6 Å². The maximum atomic E-state index is 5.84. The van der Waals surface area contributed by atoms with Gasteiger partial charge in [0.2, 0.25) is 17.6 Å². The SMILES string of the molecule is Cc1nc(-c2ccc(Oc3ncnc4sccc34)cc2)no1. The third-order valence-electron chi connectivity index (χ3n) is 3.08. The summed E-state index contributed by atoms with van der Waals surface area (Å²) in [7, 11) is 0. The first-order valence-electron chi connectivity index (χ1n) is 6.56. The Hall–Kier alpha value is -2.80. The van der Waals surface area contributed by atoms with Crippen molar-refractivity contribution in [3.63, 3.8) is 0 Å².